The molecule has 1 atom stereocenters. The minimum absolute atomic E-state index is 0.0933. The van der Waals surface area contributed by atoms with Crippen LogP contribution in [0.2, 0.25) is 0 Å². The molecule has 4 nitrogen and oxygen atoms in total. The van der Waals surface area contributed by atoms with Crippen LogP contribution in [0, 0.1) is 5.41 Å². The highest BCUT2D eigenvalue weighted by Gasteiger charge is 2.21. The normalized spacial score (nSPS) is 13.4. The van der Waals surface area contributed by atoms with E-state index in [-0.39, 0.29) is 11.5 Å². The summed E-state index contributed by atoms with van der Waals surface area (Å²) in [6.45, 7) is 7.45. The second kappa shape index (κ2) is 6.20. The molecule has 0 saturated heterocycles. The Bertz CT molecular complexity index is 529. The van der Waals surface area contributed by atoms with E-state index in [2.05, 4.69) is 22.5 Å². The summed E-state index contributed by atoms with van der Waals surface area (Å²) < 4.78 is 1.84. The van der Waals surface area contributed by atoms with Gasteiger partial charge < -0.3 is 10.4 Å². The average molecular weight is 273 g/mol. The van der Waals surface area contributed by atoms with Crippen LogP contribution in [0.15, 0.2) is 42.7 Å². The van der Waals surface area contributed by atoms with E-state index < -0.39 is 0 Å². The summed E-state index contributed by atoms with van der Waals surface area (Å²) in [5.74, 6) is 0. The number of nitrogens with zero attached hydrogens (tertiary/aromatic N) is 2. The van der Waals surface area contributed by atoms with Crippen molar-refractivity contribution in [1.82, 2.24) is 15.1 Å². The zero-order valence-corrected chi connectivity index (χ0v) is 12.4. The molecule has 1 aromatic carbocycles. The van der Waals surface area contributed by atoms with E-state index in [1.54, 1.807) is 6.20 Å². The maximum Gasteiger partial charge on any atom is 0.0712 e. The smallest absolute Gasteiger partial charge is 0.0712 e. The monoisotopic (exact) mass is 273 g/mol. The second-order valence-electron chi connectivity index (χ2n) is 6.13. The standard InChI is InChI=1S/C16H23N3O/c1-16(2,3)15(20)12-17-11-13-6-4-7-14(10-13)19-9-5-8-18-19/h4-10,15,17,20H,11-12H2,1-3H3. The Hall–Kier alpha value is -1.65. The molecule has 4 heteroatoms. The predicted molar refractivity (Wildman–Crippen MR) is 80.7 cm³/mol. The minimum Gasteiger partial charge on any atom is -0.391 e. The van der Waals surface area contributed by atoms with Crippen LogP contribution in [-0.2, 0) is 6.54 Å². The first-order valence-corrected chi connectivity index (χ1v) is 6.94. The minimum atomic E-state index is -0.350. The van der Waals surface area contributed by atoms with Gasteiger partial charge in [0.05, 0.1) is 11.8 Å². The Morgan fingerprint density at radius 2 is 2.10 bits per heavy atom. The van der Waals surface area contributed by atoms with Gasteiger partial charge in [-0.1, -0.05) is 32.9 Å². The Morgan fingerprint density at radius 3 is 2.75 bits per heavy atom. The molecule has 0 aliphatic carbocycles. The Morgan fingerprint density at radius 1 is 1.30 bits per heavy atom. The number of benzene rings is 1. The zero-order valence-electron chi connectivity index (χ0n) is 12.4. The Kier molecular flexibility index (Phi) is 4.57. The van der Waals surface area contributed by atoms with Crippen molar-refractivity contribution in [2.75, 3.05) is 6.54 Å². The lowest BCUT2D eigenvalue weighted by Gasteiger charge is -2.26. The highest BCUT2D eigenvalue weighted by molar-refractivity contribution is 5.34. The van der Waals surface area contributed by atoms with Crippen molar-refractivity contribution in [2.45, 2.75) is 33.4 Å². The Balaban J connectivity index is 1.93. The van der Waals surface area contributed by atoms with E-state index in [1.807, 2.05) is 49.8 Å². The number of aliphatic hydroxyl groups is 1. The summed E-state index contributed by atoms with van der Waals surface area (Å²) >= 11 is 0. The fourth-order valence-electron chi connectivity index (χ4n) is 1.89. The zero-order chi connectivity index (χ0) is 14.6. The SMILES string of the molecule is CC(C)(C)C(O)CNCc1cccc(-n2cccn2)c1. The van der Waals surface area contributed by atoms with Crippen molar-refractivity contribution in [3.8, 4) is 5.69 Å². The first kappa shape index (κ1) is 14.8. The van der Waals surface area contributed by atoms with Crippen molar-refractivity contribution in [1.29, 1.82) is 0 Å². The molecule has 108 valence electrons. The molecule has 0 amide bonds. The van der Waals surface area contributed by atoms with E-state index in [4.69, 9.17) is 0 Å². The maximum atomic E-state index is 9.99. The largest absolute Gasteiger partial charge is 0.391 e. The molecule has 2 N–H and O–H groups in total. The number of aromatic nitrogens is 2. The van der Waals surface area contributed by atoms with Gasteiger partial charge in [-0.15, -0.1) is 0 Å². The van der Waals surface area contributed by atoms with Crippen LogP contribution in [-0.4, -0.2) is 27.5 Å². The van der Waals surface area contributed by atoms with E-state index in [9.17, 15) is 5.11 Å². The van der Waals surface area contributed by atoms with Gasteiger partial charge >= 0.3 is 0 Å². The van der Waals surface area contributed by atoms with Crippen molar-refractivity contribution in [3.63, 3.8) is 0 Å². The van der Waals surface area contributed by atoms with Gasteiger partial charge in [-0.05, 0) is 29.2 Å². The molecule has 0 aliphatic heterocycles. The third-order valence-electron chi connectivity index (χ3n) is 3.35. The van der Waals surface area contributed by atoms with Crippen LogP contribution in [0.4, 0.5) is 0 Å². The van der Waals surface area contributed by atoms with E-state index in [1.165, 1.54) is 5.56 Å². The van der Waals surface area contributed by atoms with Crippen LogP contribution in [0.5, 0.6) is 0 Å². The molecule has 1 heterocycles. The van der Waals surface area contributed by atoms with Gasteiger partial charge in [0.15, 0.2) is 0 Å². The van der Waals surface area contributed by atoms with Crippen molar-refractivity contribution in [3.05, 3.63) is 48.3 Å². The van der Waals surface area contributed by atoms with Crippen LogP contribution in [0.3, 0.4) is 0 Å². The Labute approximate surface area is 120 Å². The molecule has 0 radical (unpaired) electrons. The summed E-state index contributed by atoms with van der Waals surface area (Å²) in [5.41, 5.74) is 2.13. The molecular weight excluding hydrogens is 250 g/mol. The van der Waals surface area contributed by atoms with Crippen molar-refractivity contribution >= 4 is 0 Å². The van der Waals surface area contributed by atoms with Gasteiger partial charge in [0.25, 0.3) is 0 Å². The van der Waals surface area contributed by atoms with Gasteiger partial charge in [0.1, 0.15) is 0 Å². The summed E-state index contributed by atoms with van der Waals surface area (Å²) in [6.07, 6.45) is 3.34. The van der Waals surface area contributed by atoms with Gasteiger partial charge in [-0.2, -0.15) is 5.10 Å². The molecule has 0 spiro atoms. The van der Waals surface area contributed by atoms with Crippen LogP contribution in [0.25, 0.3) is 5.69 Å². The maximum absolute atomic E-state index is 9.99. The molecular formula is C16H23N3O. The van der Waals surface area contributed by atoms with Gasteiger partial charge in [0.2, 0.25) is 0 Å². The van der Waals surface area contributed by atoms with Crippen LogP contribution in [0.1, 0.15) is 26.3 Å². The number of hydrogen-bond donors (Lipinski definition) is 2. The van der Waals surface area contributed by atoms with E-state index in [0.717, 1.165) is 12.2 Å². The summed E-state index contributed by atoms with van der Waals surface area (Å²) in [4.78, 5) is 0. The first-order valence-electron chi connectivity index (χ1n) is 6.94. The van der Waals surface area contributed by atoms with Gasteiger partial charge in [-0.25, -0.2) is 4.68 Å². The van der Waals surface area contributed by atoms with Crippen LogP contribution < -0.4 is 5.32 Å². The average Bonchev–Trinajstić information content (AvgIpc) is 2.92. The summed E-state index contributed by atoms with van der Waals surface area (Å²) in [7, 11) is 0. The molecule has 0 fully saturated rings. The first-order chi connectivity index (χ1) is 9.47. The predicted octanol–water partition coefficient (Wildman–Crippen LogP) is 2.37. The highest BCUT2D eigenvalue weighted by Crippen LogP contribution is 2.18. The lowest BCUT2D eigenvalue weighted by atomic mass is 9.89. The molecule has 20 heavy (non-hydrogen) atoms. The fraction of sp³-hybridized carbons (Fsp3) is 0.438. The third-order valence-corrected chi connectivity index (χ3v) is 3.35. The number of rotatable bonds is 5. The molecule has 0 saturated carbocycles. The molecule has 1 aromatic heterocycles. The lowest BCUT2D eigenvalue weighted by molar-refractivity contribution is 0.0628. The number of hydrogen-bond acceptors (Lipinski definition) is 3. The van der Waals surface area contributed by atoms with Gasteiger partial charge in [0, 0.05) is 25.5 Å². The van der Waals surface area contributed by atoms with Crippen molar-refractivity contribution in [2.24, 2.45) is 5.41 Å². The van der Waals surface area contributed by atoms with E-state index in [0.29, 0.717) is 6.54 Å². The highest BCUT2D eigenvalue weighted by atomic mass is 16.3. The van der Waals surface area contributed by atoms with Crippen LogP contribution >= 0.6 is 0 Å². The summed E-state index contributed by atoms with van der Waals surface area (Å²) in [5, 5.41) is 17.5. The molecule has 0 bridgehead atoms. The van der Waals surface area contributed by atoms with Gasteiger partial charge in [-0.3, -0.25) is 0 Å². The topological polar surface area (TPSA) is 50.1 Å². The molecule has 2 rings (SSSR count). The fourth-order valence-corrected chi connectivity index (χ4v) is 1.89. The second-order valence-corrected chi connectivity index (χ2v) is 6.13. The third kappa shape index (κ3) is 3.92. The molecule has 2 aromatic rings. The summed E-state index contributed by atoms with van der Waals surface area (Å²) in [6, 6.07) is 10.1. The molecule has 1 unspecified atom stereocenters. The quantitative estimate of drug-likeness (QED) is 0.879. The lowest BCUT2D eigenvalue weighted by Crippen LogP contribution is -2.36. The molecule has 0 aliphatic rings. The van der Waals surface area contributed by atoms with E-state index >= 15 is 0 Å². The number of nitrogens with one attached hydrogen (secondary N) is 1. The number of aliphatic hydroxyl groups excluding tert-OH is 1. The van der Waals surface area contributed by atoms with Crippen molar-refractivity contribution < 1.29 is 5.11 Å².